The van der Waals surface area contributed by atoms with Crippen molar-refractivity contribution in [2.45, 2.75) is 20.4 Å². The molecule has 0 spiro atoms. The van der Waals surface area contributed by atoms with Crippen LogP contribution in [0.1, 0.15) is 16.0 Å². The lowest BCUT2D eigenvalue weighted by Crippen LogP contribution is -2.21. The zero-order chi connectivity index (χ0) is 15.1. The van der Waals surface area contributed by atoms with Crippen LogP contribution in [0.4, 0.5) is 4.39 Å². The fourth-order valence-corrected chi connectivity index (χ4v) is 3.54. The van der Waals surface area contributed by atoms with E-state index in [1.807, 2.05) is 13.8 Å². The molecule has 0 atom stereocenters. The summed E-state index contributed by atoms with van der Waals surface area (Å²) in [5.41, 5.74) is 1.30. The minimum atomic E-state index is -0.338. The van der Waals surface area contributed by atoms with Crippen LogP contribution < -0.4 is 5.56 Å². The van der Waals surface area contributed by atoms with Crippen molar-refractivity contribution in [1.29, 1.82) is 0 Å². The first-order chi connectivity index (χ1) is 9.97. The summed E-state index contributed by atoms with van der Waals surface area (Å²) < 4.78 is 16.0. The highest BCUT2D eigenvalue weighted by Gasteiger charge is 2.13. The zero-order valence-corrected chi connectivity index (χ0v) is 13.9. The first kappa shape index (κ1) is 14.4. The van der Waals surface area contributed by atoms with E-state index in [9.17, 15) is 9.18 Å². The molecule has 0 aliphatic heterocycles. The van der Waals surface area contributed by atoms with Crippen LogP contribution in [0.25, 0.3) is 10.2 Å². The number of hydrogen-bond donors (Lipinski definition) is 0. The first-order valence-corrected chi connectivity index (χ1v) is 7.97. The average molecular weight is 367 g/mol. The molecule has 3 aromatic rings. The second-order valence-corrected chi connectivity index (χ2v) is 7.00. The molecule has 108 valence electrons. The molecular formula is C15H12BrFN2OS. The summed E-state index contributed by atoms with van der Waals surface area (Å²) in [5, 5.41) is 0.637. The predicted octanol–water partition coefficient (Wildman–Crippen LogP) is 4.02. The molecule has 0 N–H and O–H groups in total. The first-order valence-electron chi connectivity index (χ1n) is 6.36. The Kier molecular flexibility index (Phi) is 3.67. The lowest BCUT2D eigenvalue weighted by atomic mass is 10.2. The maximum absolute atomic E-state index is 13.9. The molecule has 0 aliphatic carbocycles. The van der Waals surface area contributed by atoms with Crippen LogP contribution in [-0.2, 0) is 6.54 Å². The summed E-state index contributed by atoms with van der Waals surface area (Å²) in [7, 11) is 0. The SMILES string of the molecule is Cc1sc2ncn(Cc3ccc(Br)cc3F)c(=O)c2c1C. The van der Waals surface area contributed by atoms with Gasteiger partial charge >= 0.3 is 0 Å². The molecule has 0 saturated heterocycles. The van der Waals surface area contributed by atoms with E-state index in [1.54, 1.807) is 12.1 Å². The predicted molar refractivity (Wildman–Crippen MR) is 86.6 cm³/mol. The van der Waals surface area contributed by atoms with Gasteiger partial charge < -0.3 is 0 Å². The van der Waals surface area contributed by atoms with Crippen molar-refractivity contribution in [3.63, 3.8) is 0 Å². The van der Waals surface area contributed by atoms with E-state index in [0.717, 1.165) is 15.3 Å². The van der Waals surface area contributed by atoms with Crippen LogP contribution in [0.5, 0.6) is 0 Å². The van der Waals surface area contributed by atoms with E-state index in [4.69, 9.17) is 0 Å². The van der Waals surface area contributed by atoms with E-state index >= 15 is 0 Å². The van der Waals surface area contributed by atoms with Crippen LogP contribution in [-0.4, -0.2) is 9.55 Å². The molecule has 0 saturated carbocycles. The van der Waals surface area contributed by atoms with Gasteiger partial charge in [-0.3, -0.25) is 9.36 Å². The van der Waals surface area contributed by atoms with Gasteiger partial charge in [-0.1, -0.05) is 22.0 Å². The van der Waals surface area contributed by atoms with Gasteiger partial charge in [-0.25, -0.2) is 9.37 Å². The van der Waals surface area contributed by atoms with Crippen molar-refractivity contribution < 1.29 is 4.39 Å². The van der Waals surface area contributed by atoms with E-state index in [-0.39, 0.29) is 17.9 Å². The Morgan fingerprint density at radius 2 is 2.14 bits per heavy atom. The van der Waals surface area contributed by atoms with E-state index in [0.29, 0.717) is 15.4 Å². The second-order valence-electron chi connectivity index (χ2n) is 4.88. The number of fused-ring (bicyclic) bond motifs is 1. The summed E-state index contributed by atoms with van der Waals surface area (Å²) in [6.07, 6.45) is 1.49. The van der Waals surface area contributed by atoms with E-state index in [1.165, 1.54) is 28.3 Å². The maximum atomic E-state index is 13.9. The van der Waals surface area contributed by atoms with Crippen molar-refractivity contribution in [2.75, 3.05) is 0 Å². The number of hydrogen-bond acceptors (Lipinski definition) is 3. The van der Waals surface area contributed by atoms with Crippen LogP contribution in [0.15, 0.2) is 33.8 Å². The van der Waals surface area contributed by atoms with Crippen molar-refractivity contribution >= 4 is 37.5 Å². The smallest absolute Gasteiger partial charge is 0.262 e. The normalized spacial score (nSPS) is 11.2. The Morgan fingerprint density at radius 3 is 2.86 bits per heavy atom. The zero-order valence-electron chi connectivity index (χ0n) is 11.5. The van der Waals surface area contributed by atoms with Gasteiger partial charge in [-0.2, -0.15) is 0 Å². The van der Waals surface area contributed by atoms with Gasteiger partial charge in [0.1, 0.15) is 10.6 Å². The molecule has 21 heavy (non-hydrogen) atoms. The second kappa shape index (κ2) is 5.35. The molecule has 2 heterocycles. The van der Waals surface area contributed by atoms with Gasteiger partial charge in [-0.15, -0.1) is 11.3 Å². The number of aromatic nitrogens is 2. The van der Waals surface area contributed by atoms with Crippen molar-refractivity contribution in [1.82, 2.24) is 9.55 Å². The third-order valence-electron chi connectivity index (χ3n) is 3.51. The molecule has 0 amide bonds. The molecule has 0 aliphatic rings. The Hall–Kier alpha value is -1.53. The Labute approximate surface area is 133 Å². The average Bonchev–Trinajstić information content (AvgIpc) is 2.72. The Bertz CT molecular complexity index is 901. The molecule has 1 aromatic carbocycles. The third-order valence-corrected chi connectivity index (χ3v) is 5.12. The number of thiophene rings is 1. The third kappa shape index (κ3) is 2.53. The molecule has 0 radical (unpaired) electrons. The van der Waals surface area contributed by atoms with Gasteiger partial charge in [0, 0.05) is 14.9 Å². The van der Waals surface area contributed by atoms with Crippen LogP contribution in [0.3, 0.4) is 0 Å². The van der Waals surface area contributed by atoms with E-state index < -0.39 is 0 Å². The topological polar surface area (TPSA) is 34.9 Å². The van der Waals surface area contributed by atoms with Crippen LogP contribution >= 0.6 is 27.3 Å². The quantitative estimate of drug-likeness (QED) is 0.686. The van der Waals surface area contributed by atoms with Crippen molar-refractivity contribution in [3.05, 3.63) is 61.2 Å². The lowest BCUT2D eigenvalue weighted by molar-refractivity contribution is 0.594. The fourth-order valence-electron chi connectivity index (χ4n) is 2.22. The molecule has 0 bridgehead atoms. The number of nitrogens with zero attached hydrogens (tertiary/aromatic N) is 2. The molecule has 0 fully saturated rings. The fraction of sp³-hybridized carbons (Fsp3) is 0.200. The van der Waals surface area contributed by atoms with Gasteiger partial charge in [0.05, 0.1) is 18.3 Å². The molecule has 0 unspecified atom stereocenters. The van der Waals surface area contributed by atoms with E-state index in [2.05, 4.69) is 20.9 Å². The summed E-state index contributed by atoms with van der Waals surface area (Å²) in [6.45, 7) is 4.07. The number of benzene rings is 1. The van der Waals surface area contributed by atoms with Gasteiger partial charge in [0.2, 0.25) is 0 Å². The maximum Gasteiger partial charge on any atom is 0.262 e. The number of rotatable bonds is 2. The Morgan fingerprint density at radius 1 is 1.38 bits per heavy atom. The van der Waals surface area contributed by atoms with Crippen molar-refractivity contribution in [2.24, 2.45) is 0 Å². The van der Waals surface area contributed by atoms with Gasteiger partial charge in [0.15, 0.2) is 0 Å². The summed E-state index contributed by atoms with van der Waals surface area (Å²) >= 11 is 4.73. The highest BCUT2D eigenvalue weighted by molar-refractivity contribution is 9.10. The minimum absolute atomic E-state index is 0.121. The highest BCUT2D eigenvalue weighted by Crippen LogP contribution is 2.25. The van der Waals surface area contributed by atoms with Gasteiger partial charge in [-0.05, 0) is 31.5 Å². The summed E-state index contributed by atoms with van der Waals surface area (Å²) in [5.74, 6) is -0.338. The molecular weight excluding hydrogens is 355 g/mol. The summed E-state index contributed by atoms with van der Waals surface area (Å²) in [4.78, 5) is 18.7. The lowest BCUT2D eigenvalue weighted by Gasteiger charge is -2.07. The standard InChI is InChI=1S/C15H12BrFN2OS/c1-8-9(2)21-14-13(8)15(20)19(7-18-14)6-10-3-4-11(16)5-12(10)17/h3-5,7H,6H2,1-2H3. The largest absolute Gasteiger partial charge is 0.294 e. The minimum Gasteiger partial charge on any atom is -0.294 e. The molecule has 3 rings (SSSR count). The van der Waals surface area contributed by atoms with Crippen LogP contribution in [0, 0.1) is 19.7 Å². The highest BCUT2D eigenvalue weighted by atomic mass is 79.9. The molecule has 6 heteroatoms. The monoisotopic (exact) mass is 366 g/mol. The number of halogens is 2. The van der Waals surface area contributed by atoms with Crippen LogP contribution in [0.2, 0.25) is 0 Å². The molecule has 3 nitrogen and oxygen atoms in total. The molecule has 2 aromatic heterocycles. The van der Waals surface area contributed by atoms with Crippen molar-refractivity contribution in [3.8, 4) is 0 Å². The number of aryl methyl sites for hydroxylation is 2. The Balaban J connectivity index is 2.11. The summed E-state index contributed by atoms with van der Waals surface area (Å²) in [6, 6.07) is 4.82. The van der Waals surface area contributed by atoms with Gasteiger partial charge in [0.25, 0.3) is 5.56 Å².